The van der Waals surface area contributed by atoms with Crippen molar-refractivity contribution in [3.05, 3.63) is 15.9 Å². The zero-order valence-corrected chi connectivity index (χ0v) is 12.1. The monoisotopic (exact) mass is 307 g/mol. The van der Waals surface area contributed by atoms with Gasteiger partial charge in [0.25, 0.3) is 0 Å². The van der Waals surface area contributed by atoms with Gasteiger partial charge in [0.1, 0.15) is 0 Å². The van der Waals surface area contributed by atoms with Crippen molar-refractivity contribution in [2.45, 2.75) is 25.5 Å². The predicted octanol–water partition coefficient (Wildman–Crippen LogP) is 1.34. The number of nitrogens with zero attached hydrogens (tertiary/aromatic N) is 2. The van der Waals surface area contributed by atoms with E-state index in [2.05, 4.69) is 28.0 Å². The van der Waals surface area contributed by atoms with Gasteiger partial charge in [-0.3, -0.25) is 8.89 Å². The molecule has 1 atom stereocenters. The Morgan fingerprint density at radius 2 is 2.25 bits per heavy atom. The van der Waals surface area contributed by atoms with Crippen LogP contribution in [0.25, 0.3) is 0 Å². The number of hydrogen-bond donors (Lipinski definition) is 1. The van der Waals surface area contributed by atoms with Gasteiger partial charge in [-0.1, -0.05) is 6.92 Å². The van der Waals surface area contributed by atoms with Crippen molar-refractivity contribution >= 4 is 26.7 Å². The van der Waals surface area contributed by atoms with Crippen molar-refractivity contribution in [1.82, 2.24) is 9.78 Å². The SMILES string of the molecule is CCc1nn(C)c(CS(=O)CCCN)c1Br. The summed E-state index contributed by atoms with van der Waals surface area (Å²) < 4.78 is 14.6. The van der Waals surface area contributed by atoms with E-state index in [0.717, 1.165) is 28.7 Å². The lowest BCUT2D eigenvalue weighted by atomic mass is 10.3. The average Bonchev–Trinajstić information content (AvgIpc) is 2.53. The largest absolute Gasteiger partial charge is 0.330 e. The highest BCUT2D eigenvalue weighted by Crippen LogP contribution is 2.22. The van der Waals surface area contributed by atoms with E-state index >= 15 is 0 Å². The van der Waals surface area contributed by atoms with Crippen LogP contribution in [-0.2, 0) is 30.0 Å². The van der Waals surface area contributed by atoms with Crippen LogP contribution in [0.5, 0.6) is 0 Å². The van der Waals surface area contributed by atoms with Crippen LogP contribution in [0.2, 0.25) is 0 Å². The van der Waals surface area contributed by atoms with Gasteiger partial charge >= 0.3 is 0 Å². The molecule has 0 amide bonds. The van der Waals surface area contributed by atoms with Crippen molar-refractivity contribution in [2.24, 2.45) is 12.8 Å². The Balaban J connectivity index is 2.73. The van der Waals surface area contributed by atoms with Gasteiger partial charge in [-0.2, -0.15) is 5.10 Å². The number of aromatic nitrogens is 2. The highest BCUT2D eigenvalue weighted by atomic mass is 79.9. The molecule has 0 radical (unpaired) electrons. The zero-order valence-electron chi connectivity index (χ0n) is 9.70. The summed E-state index contributed by atoms with van der Waals surface area (Å²) in [7, 11) is 1.04. The lowest BCUT2D eigenvalue weighted by molar-refractivity contribution is 0.673. The third-order valence-electron chi connectivity index (χ3n) is 2.38. The minimum Gasteiger partial charge on any atom is -0.330 e. The molecular weight excluding hydrogens is 290 g/mol. The van der Waals surface area contributed by atoms with E-state index in [0.29, 0.717) is 18.1 Å². The Morgan fingerprint density at radius 3 is 2.75 bits per heavy atom. The Kier molecular flexibility index (Phi) is 5.64. The van der Waals surface area contributed by atoms with Crippen LogP contribution in [0, 0.1) is 0 Å². The second-order valence-corrected chi connectivity index (χ2v) is 5.98. The molecule has 6 heteroatoms. The molecule has 0 saturated carbocycles. The van der Waals surface area contributed by atoms with Gasteiger partial charge in [-0.25, -0.2) is 0 Å². The maximum absolute atomic E-state index is 11.8. The van der Waals surface area contributed by atoms with E-state index in [9.17, 15) is 4.21 Å². The van der Waals surface area contributed by atoms with E-state index in [4.69, 9.17) is 5.73 Å². The molecular formula is C10H18BrN3OS. The van der Waals surface area contributed by atoms with E-state index in [1.54, 1.807) is 0 Å². The molecule has 0 aromatic carbocycles. The Bertz CT molecular complexity index is 378. The second kappa shape index (κ2) is 6.51. The third-order valence-corrected chi connectivity index (χ3v) is 4.63. The number of nitrogens with two attached hydrogens (primary N) is 1. The molecule has 1 aromatic rings. The third kappa shape index (κ3) is 3.40. The average molecular weight is 308 g/mol. The van der Waals surface area contributed by atoms with Gasteiger partial charge < -0.3 is 5.73 Å². The van der Waals surface area contributed by atoms with E-state index in [-0.39, 0.29) is 0 Å². The van der Waals surface area contributed by atoms with E-state index in [1.807, 2.05) is 11.7 Å². The molecule has 0 spiro atoms. The van der Waals surface area contributed by atoms with Crippen molar-refractivity contribution in [1.29, 1.82) is 0 Å². The molecule has 92 valence electrons. The fourth-order valence-corrected chi connectivity index (χ4v) is 3.66. The summed E-state index contributed by atoms with van der Waals surface area (Å²) >= 11 is 3.52. The summed E-state index contributed by atoms with van der Waals surface area (Å²) in [5, 5.41) is 4.37. The first-order valence-corrected chi connectivity index (χ1v) is 7.63. The molecule has 0 bridgehead atoms. The van der Waals surface area contributed by atoms with E-state index in [1.165, 1.54) is 0 Å². The van der Waals surface area contributed by atoms with Crippen molar-refractivity contribution in [3.8, 4) is 0 Å². The molecule has 0 fully saturated rings. The normalized spacial score (nSPS) is 13.0. The van der Waals surface area contributed by atoms with Crippen LogP contribution < -0.4 is 5.73 Å². The minimum absolute atomic E-state index is 0.546. The fourth-order valence-electron chi connectivity index (χ4n) is 1.45. The predicted molar refractivity (Wildman–Crippen MR) is 70.7 cm³/mol. The first kappa shape index (κ1) is 13.9. The summed E-state index contributed by atoms with van der Waals surface area (Å²) in [6, 6.07) is 0. The smallest absolute Gasteiger partial charge is 0.0767 e. The summed E-state index contributed by atoms with van der Waals surface area (Å²) in [5.41, 5.74) is 7.42. The number of aryl methyl sites for hydroxylation is 2. The minimum atomic E-state index is -0.851. The molecule has 0 aliphatic rings. The highest BCUT2D eigenvalue weighted by Gasteiger charge is 2.14. The molecule has 0 aliphatic carbocycles. The van der Waals surface area contributed by atoms with Crippen molar-refractivity contribution in [3.63, 3.8) is 0 Å². The van der Waals surface area contributed by atoms with Crippen molar-refractivity contribution < 1.29 is 4.21 Å². The number of halogens is 1. The second-order valence-electron chi connectivity index (χ2n) is 3.62. The fraction of sp³-hybridized carbons (Fsp3) is 0.700. The van der Waals surface area contributed by atoms with Crippen LogP contribution in [-0.4, -0.2) is 26.3 Å². The molecule has 0 saturated heterocycles. The molecule has 1 heterocycles. The van der Waals surface area contributed by atoms with Gasteiger partial charge in [0, 0.05) is 23.6 Å². The number of hydrogen-bond acceptors (Lipinski definition) is 3. The molecule has 1 unspecified atom stereocenters. The van der Waals surface area contributed by atoms with Gasteiger partial charge in [-0.15, -0.1) is 0 Å². The van der Waals surface area contributed by atoms with Crippen LogP contribution in [0.4, 0.5) is 0 Å². The maximum Gasteiger partial charge on any atom is 0.0767 e. The first-order chi connectivity index (χ1) is 7.60. The van der Waals surface area contributed by atoms with Crippen molar-refractivity contribution in [2.75, 3.05) is 12.3 Å². The lowest BCUT2D eigenvalue weighted by Crippen LogP contribution is -2.09. The molecule has 0 aliphatic heterocycles. The molecule has 2 N–H and O–H groups in total. The maximum atomic E-state index is 11.8. The Hall–Kier alpha value is -0.200. The summed E-state index contributed by atoms with van der Waals surface area (Å²) in [4.78, 5) is 0. The van der Waals surface area contributed by atoms with Gasteiger partial charge in [0.15, 0.2) is 0 Å². The standard InChI is InChI=1S/C10H18BrN3OS/c1-3-8-10(11)9(14(2)13-8)7-16(15)6-4-5-12/h3-7,12H2,1-2H3. The van der Waals surface area contributed by atoms with E-state index < -0.39 is 10.8 Å². The molecule has 1 rings (SSSR count). The molecule has 1 aromatic heterocycles. The molecule has 16 heavy (non-hydrogen) atoms. The topological polar surface area (TPSA) is 60.9 Å². The first-order valence-electron chi connectivity index (χ1n) is 5.35. The van der Waals surface area contributed by atoms with Crippen LogP contribution in [0.15, 0.2) is 4.47 Å². The number of rotatable bonds is 6. The van der Waals surface area contributed by atoms with Gasteiger partial charge in [0.05, 0.1) is 21.6 Å². The zero-order chi connectivity index (χ0) is 12.1. The highest BCUT2D eigenvalue weighted by molar-refractivity contribution is 9.10. The van der Waals surface area contributed by atoms with Crippen LogP contribution in [0.1, 0.15) is 24.7 Å². The Morgan fingerprint density at radius 1 is 1.56 bits per heavy atom. The lowest BCUT2D eigenvalue weighted by Gasteiger charge is -2.03. The van der Waals surface area contributed by atoms with Crippen LogP contribution >= 0.6 is 15.9 Å². The van der Waals surface area contributed by atoms with Gasteiger partial charge in [0.2, 0.25) is 0 Å². The summed E-state index contributed by atoms with van der Waals surface area (Å²) in [6.07, 6.45) is 1.69. The van der Waals surface area contributed by atoms with Gasteiger partial charge in [-0.05, 0) is 35.3 Å². The molecule has 4 nitrogen and oxygen atoms in total. The van der Waals surface area contributed by atoms with Crippen LogP contribution in [0.3, 0.4) is 0 Å². The summed E-state index contributed by atoms with van der Waals surface area (Å²) in [6.45, 7) is 2.65. The Labute approximate surface area is 107 Å². The quantitative estimate of drug-likeness (QED) is 0.863. The summed E-state index contributed by atoms with van der Waals surface area (Å²) in [5.74, 6) is 1.21.